The molecule has 0 aromatic carbocycles. The number of ketones is 1. The van der Waals surface area contributed by atoms with Crippen molar-refractivity contribution in [3.63, 3.8) is 0 Å². The molecule has 2 rings (SSSR count). The van der Waals surface area contributed by atoms with Gasteiger partial charge >= 0.3 is 6.18 Å². The maximum absolute atomic E-state index is 12.6. The quantitative estimate of drug-likeness (QED) is 0.831. The largest absolute Gasteiger partial charge is 0.434 e. The van der Waals surface area contributed by atoms with Gasteiger partial charge in [0.25, 0.3) is 0 Å². The number of halogens is 3. The highest BCUT2D eigenvalue weighted by molar-refractivity contribution is 5.78. The second kappa shape index (κ2) is 4.86. The molecular formula is C12H16F3N3O. The highest BCUT2D eigenvalue weighted by atomic mass is 19.4. The van der Waals surface area contributed by atoms with Gasteiger partial charge in [-0.1, -0.05) is 0 Å². The molecule has 0 spiro atoms. The first-order chi connectivity index (χ1) is 8.79. The lowest BCUT2D eigenvalue weighted by atomic mass is 9.93. The van der Waals surface area contributed by atoms with Gasteiger partial charge in [-0.05, 0) is 19.8 Å². The Balaban J connectivity index is 2.12. The fraction of sp³-hybridized carbons (Fsp3) is 0.667. The number of Topliss-reactive ketones (excluding diaryl/α,β-unsaturated/α-hetero) is 1. The number of alkyl halides is 3. The van der Waals surface area contributed by atoms with Crippen LogP contribution in [0.4, 0.5) is 19.1 Å². The Hall–Kier alpha value is -1.53. The second-order valence-corrected chi connectivity index (χ2v) is 4.91. The van der Waals surface area contributed by atoms with Crippen LogP contribution in [-0.4, -0.2) is 28.4 Å². The molecule has 7 heteroatoms. The van der Waals surface area contributed by atoms with E-state index < -0.39 is 11.9 Å². The van der Waals surface area contributed by atoms with Gasteiger partial charge in [-0.15, -0.1) is 0 Å². The van der Waals surface area contributed by atoms with Gasteiger partial charge in [0.05, 0.1) is 0 Å². The number of carbonyl (C=O) groups is 1. The summed E-state index contributed by atoms with van der Waals surface area (Å²) in [5.41, 5.74) is -0.876. The molecule has 0 aliphatic carbocycles. The summed E-state index contributed by atoms with van der Waals surface area (Å²) in [6.07, 6.45) is -2.09. The van der Waals surface area contributed by atoms with Crippen molar-refractivity contribution >= 4 is 11.7 Å². The van der Waals surface area contributed by atoms with Crippen LogP contribution in [0.1, 0.15) is 25.5 Å². The number of aromatic nitrogens is 2. The van der Waals surface area contributed by atoms with E-state index in [1.807, 2.05) is 0 Å². The Morgan fingerprint density at radius 3 is 2.37 bits per heavy atom. The number of hydrogen-bond acceptors (Lipinski definition) is 3. The fourth-order valence-corrected chi connectivity index (χ4v) is 2.37. The van der Waals surface area contributed by atoms with Crippen LogP contribution in [0.3, 0.4) is 0 Å². The van der Waals surface area contributed by atoms with Crippen LogP contribution in [0.25, 0.3) is 0 Å². The summed E-state index contributed by atoms with van der Waals surface area (Å²) in [4.78, 5) is 16.7. The SMILES string of the molecule is CC(=O)C1CCN(c2nc(C(F)(F)F)cn2C)CC1. The molecule has 4 nitrogen and oxygen atoms in total. The third-order valence-electron chi connectivity index (χ3n) is 3.50. The summed E-state index contributed by atoms with van der Waals surface area (Å²) in [6.45, 7) is 2.68. The average molecular weight is 275 g/mol. The molecule has 1 fully saturated rings. The molecule has 19 heavy (non-hydrogen) atoms. The third-order valence-corrected chi connectivity index (χ3v) is 3.50. The van der Waals surface area contributed by atoms with Gasteiger partial charge in [0.15, 0.2) is 5.69 Å². The van der Waals surface area contributed by atoms with Gasteiger partial charge in [-0.3, -0.25) is 4.79 Å². The standard InChI is InChI=1S/C12H16F3N3O/c1-8(19)9-3-5-18(6-4-9)11-16-10(7-17(11)2)12(13,14)15/h7,9H,3-6H2,1-2H3. The monoisotopic (exact) mass is 275 g/mol. The van der Waals surface area contributed by atoms with Crippen LogP contribution in [0.5, 0.6) is 0 Å². The summed E-state index contributed by atoms with van der Waals surface area (Å²) in [5, 5.41) is 0. The Morgan fingerprint density at radius 2 is 1.95 bits per heavy atom. The van der Waals surface area contributed by atoms with Gasteiger partial charge in [-0.25, -0.2) is 4.98 Å². The number of carbonyl (C=O) groups excluding carboxylic acids is 1. The van der Waals surface area contributed by atoms with Crippen molar-refractivity contribution in [2.24, 2.45) is 13.0 Å². The van der Waals surface area contributed by atoms with E-state index in [4.69, 9.17) is 0 Å². The topological polar surface area (TPSA) is 38.1 Å². The zero-order chi connectivity index (χ0) is 14.2. The summed E-state index contributed by atoms with van der Waals surface area (Å²) in [5.74, 6) is 0.489. The number of hydrogen-bond donors (Lipinski definition) is 0. The number of imidazole rings is 1. The van der Waals surface area contributed by atoms with E-state index in [9.17, 15) is 18.0 Å². The van der Waals surface area contributed by atoms with Gasteiger partial charge in [0.2, 0.25) is 5.95 Å². The lowest BCUT2D eigenvalue weighted by molar-refractivity contribution is -0.140. The van der Waals surface area contributed by atoms with Crippen molar-refractivity contribution in [2.75, 3.05) is 18.0 Å². The van der Waals surface area contributed by atoms with Crippen molar-refractivity contribution < 1.29 is 18.0 Å². The number of aryl methyl sites for hydroxylation is 1. The van der Waals surface area contributed by atoms with E-state index >= 15 is 0 Å². The molecule has 106 valence electrons. The average Bonchev–Trinajstić information content (AvgIpc) is 2.71. The minimum atomic E-state index is -4.42. The van der Waals surface area contributed by atoms with Crippen LogP contribution in [0.2, 0.25) is 0 Å². The molecule has 1 aromatic rings. The Kier molecular flexibility index (Phi) is 3.56. The van der Waals surface area contributed by atoms with Crippen LogP contribution in [0.15, 0.2) is 6.20 Å². The van der Waals surface area contributed by atoms with Crippen molar-refractivity contribution in [1.29, 1.82) is 0 Å². The van der Waals surface area contributed by atoms with Crippen LogP contribution in [0, 0.1) is 5.92 Å². The maximum atomic E-state index is 12.6. The number of rotatable bonds is 2. The first-order valence-electron chi connectivity index (χ1n) is 6.15. The van der Waals surface area contributed by atoms with Crippen LogP contribution >= 0.6 is 0 Å². The first-order valence-corrected chi connectivity index (χ1v) is 6.15. The van der Waals surface area contributed by atoms with Gasteiger partial charge in [0.1, 0.15) is 5.78 Å². The lowest BCUT2D eigenvalue weighted by Crippen LogP contribution is -2.37. The smallest absolute Gasteiger partial charge is 0.342 e. The van der Waals surface area contributed by atoms with E-state index in [2.05, 4.69) is 4.98 Å². The molecule has 2 heterocycles. The molecule has 1 aliphatic heterocycles. The molecule has 0 saturated carbocycles. The normalized spacial score (nSPS) is 17.8. The Labute approximate surface area is 109 Å². The van der Waals surface area contributed by atoms with Crippen LogP contribution < -0.4 is 4.90 Å². The van der Waals surface area contributed by atoms with Gasteiger partial charge in [0, 0.05) is 32.3 Å². The van der Waals surface area contributed by atoms with Gasteiger partial charge in [-0.2, -0.15) is 13.2 Å². The highest BCUT2D eigenvalue weighted by Gasteiger charge is 2.35. The lowest BCUT2D eigenvalue weighted by Gasteiger charge is -2.31. The van der Waals surface area contributed by atoms with E-state index in [0.717, 1.165) is 6.20 Å². The summed E-state index contributed by atoms with van der Waals surface area (Å²) < 4.78 is 39.1. The van der Waals surface area contributed by atoms with E-state index in [0.29, 0.717) is 31.9 Å². The fourth-order valence-electron chi connectivity index (χ4n) is 2.37. The van der Waals surface area contributed by atoms with Gasteiger partial charge < -0.3 is 9.47 Å². The van der Waals surface area contributed by atoms with E-state index in [1.54, 1.807) is 18.9 Å². The minimum Gasteiger partial charge on any atom is -0.342 e. The second-order valence-electron chi connectivity index (χ2n) is 4.91. The van der Waals surface area contributed by atoms with Crippen LogP contribution in [-0.2, 0) is 18.0 Å². The molecule has 0 atom stereocenters. The Bertz CT molecular complexity index is 473. The predicted molar refractivity (Wildman–Crippen MR) is 63.8 cm³/mol. The molecular weight excluding hydrogens is 259 g/mol. The number of nitrogens with zero attached hydrogens (tertiary/aromatic N) is 3. The van der Waals surface area contributed by atoms with Crippen molar-refractivity contribution in [3.8, 4) is 0 Å². The van der Waals surface area contributed by atoms with E-state index in [-0.39, 0.29) is 11.7 Å². The molecule has 0 N–H and O–H groups in total. The molecule has 1 saturated heterocycles. The number of piperidine rings is 1. The third kappa shape index (κ3) is 2.90. The van der Waals surface area contributed by atoms with Crippen molar-refractivity contribution in [1.82, 2.24) is 9.55 Å². The Morgan fingerprint density at radius 1 is 1.37 bits per heavy atom. The maximum Gasteiger partial charge on any atom is 0.434 e. The van der Waals surface area contributed by atoms with Crippen molar-refractivity contribution in [2.45, 2.75) is 25.9 Å². The summed E-state index contributed by atoms with van der Waals surface area (Å²) in [7, 11) is 1.55. The highest BCUT2D eigenvalue weighted by Crippen LogP contribution is 2.31. The number of anilines is 1. The van der Waals surface area contributed by atoms with E-state index in [1.165, 1.54) is 4.57 Å². The molecule has 1 aromatic heterocycles. The molecule has 0 unspecified atom stereocenters. The summed E-state index contributed by atoms with van der Waals surface area (Å²) >= 11 is 0. The zero-order valence-electron chi connectivity index (χ0n) is 10.9. The molecule has 0 radical (unpaired) electrons. The molecule has 0 bridgehead atoms. The molecule has 1 aliphatic rings. The first kappa shape index (κ1) is 13.9. The molecule has 0 amide bonds. The van der Waals surface area contributed by atoms with Crippen molar-refractivity contribution in [3.05, 3.63) is 11.9 Å². The zero-order valence-corrected chi connectivity index (χ0v) is 10.9. The minimum absolute atomic E-state index is 0.0265. The summed E-state index contributed by atoms with van der Waals surface area (Å²) in [6, 6.07) is 0. The predicted octanol–water partition coefficient (Wildman–Crippen LogP) is 2.24.